The molecular formula is C38H46O5. The highest BCUT2D eigenvalue weighted by atomic mass is 16.5. The summed E-state index contributed by atoms with van der Waals surface area (Å²) < 4.78 is 18.0. The van der Waals surface area contributed by atoms with Gasteiger partial charge in [-0.15, -0.1) is 0 Å². The maximum absolute atomic E-state index is 14.3. The van der Waals surface area contributed by atoms with Gasteiger partial charge < -0.3 is 19.3 Å². The zero-order chi connectivity index (χ0) is 31.1. The van der Waals surface area contributed by atoms with E-state index in [4.69, 9.17) is 14.2 Å². The Morgan fingerprint density at radius 3 is 2.33 bits per heavy atom. The smallest absolute Gasteiger partial charge is 0.201 e. The fourth-order valence-corrected chi connectivity index (χ4v) is 7.26. The van der Waals surface area contributed by atoms with Crippen LogP contribution < -0.4 is 14.2 Å². The molecule has 0 bridgehead atoms. The number of hydrogen-bond acceptors (Lipinski definition) is 5. The van der Waals surface area contributed by atoms with Crippen molar-refractivity contribution in [3.05, 3.63) is 93.6 Å². The Labute approximate surface area is 256 Å². The first-order valence-corrected chi connectivity index (χ1v) is 15.4. The number of phenolic OH excluding ortho intramolecular Hbond substituents is 1. The van der Waals surface area contributed by atoms with Crippen molar-refractivity contribution in [1.82, 2.24) is 0 Å². The van der Waals surface area contributed by atoms with Crippen molar-refractivity contribution in [1.29, 1.82) is 0 Å². The zero-order valence-electron chi connectivity index (χ0n) is 27.0. The van der Waals surface area contributed by atoms with E-state index < -0.39 is 0 Å². The number of aromatic hydroxyl groups is 1. The van der Waals surface area contributed by atoms with Crippen LogP contribution in [0.15, 0.2) is 65.7 Å². The zero-order valence-corrected chi connectivity index (χ0v) is 27.0. The summed E-state index contributed by atoms with van der Waals surface area (Å²) in [5.41, 5.74) is 6.45. The molecule has 0 amide bonds. The van der Waals surface area contributed by atoms with Crippen LogP contribution in [0.3, 0.4) is 0 Å². The van der Waals surface area contributed by atoms with Crippen LogP contribution in [-0.4, -0.2) is 25.1 Å². The maximum Gasteiger partial charge on any atom is 0.201 e. The Balaban J connectivity index is 1.70. The first-order chi connectivity index (χ1) is 20.3. The largest absolute Gasteiger partial charge is 0.507 e. The molecular weight excluding hydrogens is 536 g/mol. The lowest BCUT2D eigenvalue weighted by atomic mass is 9.62. The Hall–Kier alpha value is -3.73. The monoisotopic (exact) mass is 582 g/mol. The van der Waals surface area contributed by atoms with E-state index in [-0.39, 0.29) is 28.3 Å². The number of carbonyl (C=O) groups is 1. The Morgan fingerprint density at radius 1 is 0.953 bits per heavy atom. The third kappa shape index (κ3) is 6.04. The van der Waals surface area contributed by atoms with Gasteiger partial charge in [0, 0.05) is 17.5 Å². The van der Waals surface area contributed by atoms with Crippen LogP contribution in [0.2, 0.25) is 0 Å². The molecule has 0 fully saturated rings. The van der Waals surface area contributed by atoms with Crippen LogP contribution in [0.1, 0.15) is 106 Å². The average Bonchev–Trinajstić information content (AvgIpc) is 2.96. The summed E-state index contributed by atoms with van der Waals surface area (Å²) in [6.45, 7) is 14.2. The molecule has 0 aromatic heterocycles. The highest BCUT2D eigenvalue weighted by molar-refractivity contribution is 6.16. The Bertz CT molecular complexity index is 1540. The Kier molecular flexibility index (Phi) is 8.39. The van der Waals surface area contributed by atoms with Crippen LogP contribution in [0.4, 0.5) is 0 Å². The quantitative estimate of drug-likeness (QED) is 0.268. The predicted octanol–water partition coefficient (Wildman–Crippen LogP) is 9.24. The van der Waals surface area contributed by atoms with E-state index in [0.29, 0.717) is 47.3 Å². The fraction of sp³-hybridized carbons (Fsp3) is 0.447. The third-order valence-electron chi connectivity index (χ3n) is 9.45. The van der Waals surface area contributed by atoms with Gasteiger partial charge in [0.15, 0.2) is 0 Å². The molecule has 43 heavy (non-hydrogen) atoms. The molecule has 5 nitrogen and oxygen atoms in total. The van der Waals surface area contributed by atoms with Gasteiger partial charge in [-0.05, 0) is 78.7 Å². The molecule has 0 radical (unpaired) electrons. The molecule has 1 N–H and O–H groups in total. The van der Waals surface area contributed by atoms with Crippen molar-refractivity contribution in [2.75, 3.05) is 14.2 Å². The van der Waals surface area contributed by atoms with Crippen LogP contribution in [0.25, 0.3) is 0 Å². The molecule has 0 heterocycles. The van der Waals surface area contributed by atoms with E-state index in [0.717, 1.165) is 29.5 Å². The SMILES string of the molecule is COc1cc(OCc2ccccc2)c2c(c1)[C@H](CC1=C(C)C(CC(C)(C)C)CCC1(C)C)c1c(OC)ccc(O)c1C2=O. The molecule has 0 spiro atoms. The minimum Gasteiger partial charge on any atom is -0.507 e. The van der Waals surface area contributed by atoms with Gasteiger partial charge in [-0.2, -0.15) is 0 Å². The van der Waals surface area contributed by atoms with Gasteiger partial charge in [0.2, 0.25) is 5.78 Å². The summed E-state index contributed by atoms with van der Waals surface area (Å²) in [6, 6.07) is 17.0. The van der Waals surface area contributed by atoms with Crippen LogP contribution in [0.5, 0.6) is 23.0 Å². The molecule has 3 aromatic rings. The minimum absolute atomic E-state index is 0.00415. The lowest BCUT2D eigenvalue weighted by Gasteiger charge is -2.42. The lowest BCUT2D eigenvalue weighted by Crippen LogP contribution is -2.30. The molecule has 2 aliphatic carbocycles. The summed E-state index contributed by atoms with van der Waals surface area (Å²) in [5, 5.41) is 11.2. The van der Waals surface area contributed by atoms with Crippen molar-refractivity contribution in [3.63, 3.8) is 0 Å². The van der Waals surface area contributed by atoms with E-state index in [1.807, 2.05) is 36.4 Å². The highest BCUT2D eigenvalue weighted by Gasteiger charge is 2.42. The minimum atomic E-state index is -0.262. The number of fused-ring (bicyclic) bond motifs is 2. The summed E-state index contributed by atoms with van der Waals surface area (Å²) in [4.78, 5) is 14.3. The fourth-order valence-electron chi connectivity index (χ4n) is 7.26. The number of hydrogen-bond donors (Lipinski definition) is 1. The molecule has 5 heteroatoms. The van der Waals surface area contributed by atoms with Gasteiger partial charge in [0.25, 0.3) is 0 Å². The summed E-state index contributed by atoms with van der Waals surface area (Å²) >= 11 is 0. The van der Waals surface area contributed by atoms with Crippen molar-refractivity contribution in [2.45, 2.75) is 79.8 Å². The van der Waals surface area contributed by atoms with Crippen molar-refractivity contribution >= 4 is 5.78 Å². The van der Waals surface area contributed by atoms with Crippen LogP contribution in [0, 0.1) is 16.7 Å². The number of ether oxygens (including phenoxy) is 3. The number of phenols is 1. The summed E-state index contributed by atoms with van der Waals surface area (Å²) in [7, 11) is 3.26. The lowest BCUT2D eigenvalue weighted by molar-refractivity contribution is 0.102. The number of allylic oxidation sites excluding steroid dienone is 2. The van der Waals surface area contributed by atoms with Gasteiger partial charge in [0.05, 0.1) is 25.3 Å². The van der Waals surface area contributed by atoms with Crippen molar-refractivity contribution in [2.24, 2.45) is 16.7 Å². The first kappa shape index (κ1) is 30.7. The van der Waals surface area contributed by atoms with E-state index in [9.17, 15) is 9.90 Å². The normalized spacial score (nSPS) is 19.5. The van der Waals surface area contributed by atoms with E-state index in [1.54, 1.807) is 32.4 Å². The van der Waals surface area contributed by atoms with E-state index in [2.05, 4.69) is 41.5 Å². The Morgan fingerprint density at radius 2 is 1.67 bits per heavy atom. The molecule has 2 atom stereocenters. The summed E-state index contributed by atoms with van der Waals surface area (Å²) in [5.74, 6) is 1.65. The molecule has 0 aliphatic heterocycles. The van der Waals surface area contributed by atoms with E-state index in [1.165, 1.54) is 17.6 Å². The average molecular weight is 583 g/mol. The maximum atomic E-state index is 14.3. The van der Waals surface area contributed by atoms with Gasteiger partial charge in [-0.1, -0.05) is 76.1 Å². The second kappa shape index (κ2) is 11.7. The van der Waals surface area contributed by atoms with Crippen molar-refractivity contribution < 1.29 is 24.1 Å². The molecule has 1 unspecified atom stereocenters. The topological polar surface area (TPSA) is 65.0 Å². The standard InChI is InChI=1S/C38H46O5/c1-23-25(21-37(2,3)4)16-17-38(5,6)29(23)20-28-27-18-26(41-7)19-32(43-22-24-12-10-9-11-13-24)34(27)36(40)35-30(39)14-15-31(42-8)33(28)35/h9-15,18-19,25,28,39H,16-17,20-22H2,1-8H3/t25?,28-/m0/s1. The second-order valence-corrected chi connectivity index (χ2v) is 14.1. The molecule has 228 valence electrons. The number of methoxy groups -OCH3 is 2. The number of benzene rings is 3. The van der Waals surface area contributed by atoms with Crippen LogP contribution in [-0.2, 0) is 6.61 Å². The van der Waals surface area contributed by atoms with E-state index >= 15 is 0 Å². The first-order valence-electron chi connectivity index (χ1n) is 15.4. The van der Waals surface area contributed by atoms with Gasteiger partial charge in [-0.3, -0.25) is 4.79 Å². The number of carbonyl (C=O) groups excluding carboxylic acids is 1. The van der Waals surface area contributed by atoms with Gasteiger partial charge in [0.1, 0.15) is 29.6 Å². The molecule has 0 saturated heterocycles. The molecule has 3 aromatic carbocycles. The number of ketones is 1. The molecule has 2 aliphatic rings. The third-order valence-corrected chi connectivity index (χ3v) is 9.45. The van der Waals surface area contributed by atoms with Crippen LogP contribution >= 0.6 is 0 Å². The van der Waals surface area contributed by atoms with Gasteiger partial charge in [-0.25, -0.2) is 0 Å². The molecule has 5 rings (SSSR count). The second-order valence-electron chi connectivity index (χ2n) is 14.1. The molecule has 0 saturated carbocycles. The highest BCUT2D eigenvalue weighted by Crippen LogP contribution is 2.55. The van der Waals surface area contributed by atoms with Crippen molar-refractivity contribution in [3.8, 4) is 23.0 Å². The van der Waals surface area contributed by atoms with Gasteiger partial charge >= 0.3 is 0 Å². The number of rotatable bonds is 8. The predicted molar refractivity (Wildman–Crippen MR) is 172 cm³/mol. The summed E-state index contributed by atoms with van der Waals surface area (Å²) in [6.07, 6.45) is 4.11.